The molecule has 0 saturated carbocycles. The summed E-state index contributed by atoms with van der Waals surface area (Å²) in [5.74, 6) is 2.07. The molecule has 0 aliphatic rings. The van der Waals surface area contributed by atoms with Gasteiger partial charge in [0.05, 0.1) is 25.7 Å². The van der Waals surface area contributed by atoms with Crippen LogP contribution in [0.25, 0.3) is 11.4 Å². The van der Waals surface area contributed by atoms with Crippen molar-refractivity contribution in [3.05, 3.63) is 53.9 Å². The number of hydrogen-bond acceptors (Lipinski definition) is 7. The second-order valence-electron chi connectivity index (χ2n) is 7.06. The summed E-state index contributed by atoms with van der Waals surface area (Å²) in [6.07, 6.45) is 0. The van der Waals surface area contributed by atoms with Crippen LogP contribution in [0.4, 0.5) is 0 Å². The molecule has 1 heterocycles. The van der Waals surface area contributed by atoms with E-state index in [9.17, 15) is 8.42 Å². The second kappa shape index (κ2) is 8.85. The molecule has 0 aliphatic heterocycles. The molecule has 0 aliphatic carbocycles. The highest BCUT2D eigenvalue weighted by Crippen LogP contribution is 2.30. The summed E-state index contributed by atoms with van der Waals surface area (Å²) in [6.45, 7) is 3.92. The van der Waals surface area contributed by atoms with Crippen LogP contribution in [0.15, 0.2) is 51.9 Å². The maximum absolute atomic E-state index is 13.0. The Morgan fingerprint density at radius 3 is 2.37 bits per heavy atom. The van der Waals surface area contributed by atoms with Crippen molar-refractivity contribution in [3.8, 4) is 22.9 Å². The van der Waals surface area contributed by atoms with E-state index in [1.807, 2.05) is 13.8 Å². The van der Waals surface area contributed by atoms with Crippen molar-refractivity contribution in [1.82, 2.24) is 14.4 Å². The molecule has 0 bridgehead atoms. The Labute approximate surface area is 176 Å². The van der Waals surface area contributed by atoms with Crippen molar-refractivity contribution in [2.75, 3.05) is 21.3 Å². The summed E-state index contributed by atoms with van der Waals surface area (Å²) >= 11 is 0. The Morgan fingerprint density at radius 2 is 1.77 bits per heavy atom. The Bertz CT molecular complexity index is 1110. The van der Waals surface area contributed by atoms with Crippen molar-refractivity contribution in [3.63, 3.8) is 0 Å². The van der Waals surface area contributed by atoms with Gasteiger partial charge in [-0.3, -0.25) is 0 Å². The fourth-order valence-electron chi connectivity index (χ4n) is 2.96. The third kappa shape index (κ3) is 4.47. The number of hydrogen-bond donors (Lipinski definition) is 0. The molecule has 1 aromatic heterocycles. The summed E-state index contributed by atoms with van der Waals surface area (Å²) in [6, 6.07) is 12.0. The van der Waals surface area contributed by atoms with E-state index < -0.39 is 10.0 Å². The van der Waals surface area contributed by atoms with Gasteiger partial charge in [0.2, 0.25) is 21.7 Å². The predicted octanol–water partition coefficient (Wildman–Crippen LogP) is 3.70. The van der Waals surface area contributed by atoms with Gasteiger partial charge in [-0.05, 0) is 53.9 Å². The van der Waals surface area contributed by atoms with Gasteiger partial charge in [0.15, 0.2) is 0 Å². The summed E-state index contributed by atoms with van der Waals surface area (Å²) in [5.41, 5.74) is 1.57. The molecular weight excluding hydrogens is 406 g/mol. The zero-order valence-electron chi connectivity index (χ0n) is 17.6. The molecule has 0 atom stereocenters. The summed E-state index contributed by atoms with van der Waals surface area (Å²) in [4.78, 5) is 4.50. The molecule has 160 valence electrons. The van der Waals surface area contributed by atoms with Crippen LogP contribution in [0.3, 0.4) is 0 Å². The van der Waals surface area contributed by atoms with Gasteiger partial charge < -0.3 is 14.0 Å². The first-order chi connectivity index (χ1) is 14.3. The minimum absolute atomic E-state index is 0.0471. The van der Waals surface area contributed by atoms with E-state index in [0.717, 1.165) is 11.1 Å². The number of aromatic nitrogens is 2. The van der Waals surface area contributed by atoms with Gasteiger partial charge in [-0.2, -0.15) is 9.29 Å². The number of benzene rings is 2. The molecule has 0 unspecified atom stereocenters. The largest absolute Gasteiger partial charge is 0.497 e. The number of nitrogens with zero attached hydrogens (tertiary/aromatic N) is 3. The summed E-state index contributed by atoms with van der Waals surface area (Å²) in [7, 11) is 0.884. The van der Waals surface area contributed by atoms with Crippen LogP contribution < -0.4 is 9.47 Å². The number of ether oxygens (including phenoxy) is 2. The zero-order chi connectivity index (χ0) is 21.9. The third-order valence-corrected chi connectivity index (χ3v) is 6.50. The van der Waals surface area contributed by atoms with Gasteiger partial charge in [-0.25, -0.2) is 8.42 Å². The molecule has 9 heteroatoms. The molecule has 0 saturated heterocycles. The maximum atomic E-state index is 13.0. The van der Waals surface area contributed by atoms with Crippen LogP contribution >= 0.6 is 0 Å². The Balaban J connectivity index is 1.80. The van der Waals surface area contributed by atoms with Gasteiger partial charge >= 0.3 is 0 Å². The molecule has 3 rings (SSSR count). The average Bonchev–Trinajstić information content (AvgIpc) is 3.21. The van der Waals surface area contributed by atoms with Crippen molar-refractivity contribution in [2.24, 2.45) is 0 Å². The first kappa shape index (κ1) is 21.8. The van der Waals surface area contributed by atoms with E-state index in [4.69, 9.17) is 14.0 Å². The lowest BCUT2D eigenvalue weighted by Crippen LogP contribution is -2.26. The first-order valence-corrected chi connectivity index (χ1v) is 10.8. The molecule has 3 aromatic rings. The normalized spacial score (nSPS) is 11.8. The molecule has 30 heavy (non-hydrogen) atoms. The van der Waals surface area contributed by atoms with Gasteiger partial charge in [-0.1, -0.05) is 19.0 Å². The summed E-state index contributed by atoms with van der Waals surface area (Å²) in [5, 5.41) is 3.94. The molecule has 0 radical (unpaired) electrons. The van der Waals surface area contributed by atoms with Crippen molar-refractivity contribution < 1.29 is 22.4 Å². The highest BCUT2D eigenvalue weighted by molar-refractivity contribution is 7.89. The van der Waals surface area contributed by atoms with Crippen LogP contribution in [0, 0.1) is 0 Å². The topological polar surface area (TPSA) is 94.8 Å². The Kier molecular flexibility index (Phi) is 6.42. The van der Waals surface area contributed by atoms with Crippen molar-refractivity contribution >= 4 is 10.0 Å². The van der Waals surface area contributed by atoms with E-state index in [1.54, 1.807) is 50.6 Å². The molecule has 2 aromatic carbocycles. The highest BCUT2D eigenvalue weighted by atomic mass is 32.2. The second-order valence-corrected chi connectivity index (χ2v) is 9.10. The lowest BCUT2D eigenvalue weighted by Gasteiger charge is -2.18. The van der Waals surface area contributed by atoms with Crippen LogP contribution in [0.1, 0.15) is 31.2 Å². The molecule has 8 nitrogen and oxygen atoms in total. The minimum atomic E-state index is -3.75. The van der Waals surface area contributed by atoms with Gasteiger partial charge in [0, 0.05) is 12.6 Å². The van der Waals surface area contributed by atoms with Gasteiger partial charge in [0.25, 0.3) is 0 Å². The standard InChI is InChI=1S/C21H25N3O5S/c1-14(2)18-12-17(10-11-19(18)28-5)30(25,26)24(3)13-20-22-21(23-29-20)15-6-8-16(27-4)9-7-15/h6-12,14H,13H2,1-5H3. The number of methoxy groups -OCH3 is 2. The smallest absolute Gasteiger partial charge is 0.243 e. The fraction of sp³-hybridized carbons (Fsp3) is 0.333. The third-order valence-electron chi connectivity index (χ3n) is 4.71. The zero-order valence-corrected chi connectivity index (χ0v) is 18.4. The quantitative estimate of drug-likeness (QED) is 0.537. The van der Waals surface area contributed by atoms with Gasteiger partial charge in [-0.15, -0.1) is 0 Å². The molecule has 0 spiro atoms. The van der Waals surface area contributed by atoms with Crippen LogP contribution in [-0.2, 0) is 16.6 Å². The first-order valence-electron chi connectivity index (χ1n) is 9.37. The SMILES string of the molecule is COc1ccc(-c2noc(CN(C)S(=O)(=O)c3ccc(OC)c(C(C)C)c3)n2)cc1. The average molecular weight is 432 g/mol. The van der Waals surface area contributed by atoms with Crippen LogP contribution in [0.2, 0.25) is 0 Å². The van der Waals surface area contributed by atoms with Crippen LogP contribution in [-0.4, -0.2) is 44.1 Å². The maximum Gasteiger partial charge on any atom is 0.243 e. The molecule has 0 fully saturated rings. The van der Waals surface area contributed by atoms with E-state index in [1.165, 1.54) is 17.4 Å². The molecule has 0 amide bonds. The van der Waals surface area contributed by atoms with Crippen molar-refractivity contribution in [2.45, 2.75) is 31.2 Å². The number of rotatable bonds is 8. The van der Waals surface area contributed by atoms with E-state index in [2.05, 4.69) is 10.1 Å². The lowest BCUT2D eigenvalue weighted by atomic mass is 10.0. The van der Waals surface area contributed by atoms with E-state index in [-0.39, 0.29) is 23.2 Å². The lowest BCUT2D eigenvalue weighted by molar-refractivity contribution is 0.336. The molecule has 0 N–H and O–H groups in total. The summed E-state index contributed by atoms with van der Waals surface area (Å²) < 4.78 is 43.0. The van der Waals surface area contributed by atoms with E-state index in [0.29, 0.717) is 17.3 Å². The van der Waals surface area contributed by atoms with E-state index >= 15 is 0 Å². The fourth-order valence-corrected chi connectivity index (χ4v) is 4.11. The Hall–Kier alpha value is -2.91. The number of sulfonamides is 1. The molecular formula is C21H25N3O5S. The predicted molar refractivity (Wildman–Crippen MR) is 112 cm³/mol. The van der Waals surface area contributed by atoms with Crippen LogP contribution in [0.5, 0.6) is 11.5 Å². The van der Waals surface area contributed by atoms with Crippen molar-refractivity contribution in [1.29, 1.82) is 0 Å². The minimum Gasteiger partial charge on any atom is -0.497 e. The highest BCUT2D eigenvalue weighted by Gasteiger charge is 2.25. The van der Waals surface area contributed by atoms with Gasteiger partial charge in [0.1, 0.15) is 11.5 Å². The monoisotopic (exact) mass is 431 g/mol. The Morgan fingerprint density at radius 1 is 1.07 bits per heavy atom.